The molecule has 0 radical (unpaired) electrons. The number of nitrogens with zero attached hydrogens (tertiary/aromatic N) is 2. The molecular formula is C13H23BN2O2. The highest BCUT2D eigenvalue weighted by molar-refractivity contribution is 6.62. The molecule has 1 fully saturated rings. The first-order valence-corrected chi connectivity index (χ1v) is 6.76. The van der Waals surface area contributed by atoms with Crippen molar-refractivity contribution in [2.24, 2.45) is 12.5 Å². The minimum absolute atomic E-state index is 0.109. The molecular weight excluding hydrogens is 227 g/mol. The maximum absolute atomic E-state index is 5.90. The predicted octanol–water partition coefficient (Wildman–Crippen LogP) is 1.31. The number of rotatable bonds is 3. The van der Waals surface area contributed by atoms with Crippen molar-refractivity contribution in [3.05, 3.63) is 11.4 Å². The Kier molecular flexibility index (Phi) is 3.83. The lowest BCUT2D eigenvalue weighted by molar-refractivity contribution is 0.0342. The lowest BCUT2D eigenvalue weighted by Gasteiger charge is -2.33. The van der Waals surface area contributed by atoms with Gasteiger partial charge in [0.1, 0.15) is 0 Å². The number of aromatic nitrogens is 2. The molecule has 4 nitrogen and oxygen atoms in total. The van der Waals surface area contributed by atoms with Gasteiger partial charge in [0.15, 0.2) is 0 Å². The van der Waals surface area contributed by atoms with Crippen molar-refractivity contribution >= 4 is 12.6 Å². The van der Waals surface area contributed by atoms with E-state index >= 15 is 0 Å². The van der Waals surface area contributed by atoms with Crippen LogP contribution in [-0.4, -0.2) is 30.1 Å². The van der Waals surface area contributed by atoms with Gasteiger partial charge in [-0.15, -0.1) is 0 Å². The lowest BCUT2D eigenvalue weighted by Crippen LogP contribution is -2.49. The van der Waals surface area contributed by atoms with Crippen molar-refractivity contribution < 1.29 is 9.31 Å². The quantitative estimate of drug-likeness (QED) is 0.759. The smallest absolute Gasteiger partial charge is 0.407 e. The SMILES string of the molecule is CCc1nn(C)c(CC)c1B1OCC(C)(C)CO1. The van der Waals surface area contributed by atoms with E-state index < -0.39 is 0 Å². The van der Waals surface area contributed by atoms with Gasteiger partial charge in [0.05, 0.1) is 5.69 Å². The maximum atomic E-state index is 5.90. The number of hydrogen-bond acceptors (Lipinski definition) is 3. The molecule has 0 aliphatic carbocycles. The summed E-state index contributed by atoms with van der Waals surface area (Å²) in [7, 11) is 1.76. The first-order valence-electron chi connectivity index (χ1n) is 6.76. The van der Waals surface area contributed by atoms with Crippen molar-refractivity contribution in [1.82, 2.24) is 9.78 Å². The van der Waals surface area contributed by atoms with Gasteiger partial charge >= 0.3 is 7.12 Å². The Labute approximate surface area is 110 Å². The van der Waals surface area contributed by atoms with Crippen LogP contribution in [0.15, 0.2) is 0 Å². The minimum atomic E-state index is -0.239. The molecule has 5 heteroatoms. The van der Waals surface area contributed by atoms with Gasteiger partial charge in [-0.25, -0.2) is 0 Å². The Morgan fingerprint density at radius 1 is 1.22 bits per heavy atom. The summed E-state index contributed by atoms with van der Waals surface area (Å²) in [6.07, 6.45) is 1.86. The summed E-state index contributed by atoms with van der Waals surface area (Å²) >= 11 is 0. The third-order valence-electron chi connectivity index (χ3n) is 3.44. The van der Waals surface area contributed by atoms with Crippen LogP contribution in [-0.2, 0) is 29.2 Å². The highest BCUT2D eigenvalue weighted by atomic mass is 16.6. The van der Waals surface area contributed by atoms with Crippen molar-refractivity contribution in [2.75, 3.05) is 13.2 Å². The second kappa shape index (κ2) is 5.06. The fourth-order valence-electron chi connectivity index (χ4n) is 2.45. The lowest BCUT2D eigenvalue weighted by atomic mass is 9.73. The molecule has 0 saturated carbocycles. The minimum Gasteiger partial charge on any atom is -0.407 e. The van der Waals surface area contributed by atoms with E-state index in [4.69, 9.17) is 9.31 Å². The van der Waals surface area contributed by atoms with Gasteiger partial charge in [-0.1, -0.05) is 27.7 Å². The van der Waals surface area contributed by atoms with Gasteiger partial charge in [-0.05, 0) is 12.8 Å². The molecule has 0 aromatic carbocycles. The second-order valence-electron chi connectivity index (χ2n) is 5.76. The Morgan fingerprint density at radius 3 is 2.33 bits per heavy atom. The third kappa shape index (κ3) is 2.47. The molecule has 1 saturated heterocycles. The average molecular weight is 250 g/mol. The zero-order valence-electron chi connectivity index (χ0n) is 12.1. The highest BCUT2D eigenvalue weighted by Gasteiger charge is 2.37. The predicted molar refractivity (Wildman–Crippen MR) is 73.0 cm³/mol. The van der Waals surface area contributed by atoms with E-state index in [1.807, 2.05) is 11.7 Å². The maximum Gasteiger partial charge on any atom is 0.497 e. The van der Waals surface area contributed by atoms with Crippen LogP contribution in [0.3, 0.4) is 0 Å². The highest BCUT2D eigenvalue weighted by Crippen LogP contribution is 2.22. The molecule has 0 spiro atoms. The molecule has 0 atom stereocenters. The molecule has 0 bridgehead atoms. The van der Waals surface area contributed by atoms with Crippen LogP contribution in [0.2, 0.25) is 0 Å². The topological polar surface area (TPSA) is 36.3 Å². The van der Waals surface area contributed by atoms with Crippen LogP contribution in [0.25, 0.3) is 0 Å². The first-order chi connectivity index (χ1) is 8.48. The van der Waals surface area contributed by atoms with E-state index in [0.717, 1.165) is 37.2 Å². The summed E-state index contributed by atoms with van der Waals surface area (Å²) in [5.41, 5.74) is 3.57. The fraction of sp³-hybridized carbons (Fsp3) is 0.769. The van der Waals surface area contributed by atoms with Crippen LogP contribution in [0.4, 0.5) is 0 Å². The Hall–Kier alpha value is -0.805. The standard InChI is InChI=1S/C13H23BN2O2/c1-6-10-12(11(7-2)16(5)15-10)14-17-8-13(3,4)9-18-14/h6-9H2,1-5H3. The summed E-state index contributed by atoms with van der Waals surface area (Å²) in [5, 5.41) is 4.57. The second-order valence-corrected chi connectivity index (χ2v) is 5.76. The van der Waals surface area contributed by atoms with E-state index in [0.29, 0.717) is 0 Å². The zero-order chi connectivity index (χ0) is 13.3. The molecule has 1 aromatic heterocycles. The largest absolute Gasteiger partial charge is 0.497 e. The Bertz CT molecular complexity index is 419. The van der Waals surface area contributed by atoms with Gasteiger partial charge in [0.25, 0.3) is 0 Å². The molecule has 2 heterocycles. The third-order valence-corrected chi connectivity index (χ3v) is 3.44. The Morgan fingerprint density at radius 2 is 1.83 bits per heavy atom. The van der Waals surface area contributed by atoms with E-state index in [1.165, 1.54) is 5.69 Å². The van der Waals surface area contributed by atoms with E-state index in [-0.39, 0.29) is 12.5 Å². The van der Waals surface area contributed by atoms with E-state index in [2.05, 4.69) is 32.8 Å². The number of aryl methyl sites for hydroxylation is 2. The summed E-state index contributed by atoms with van der Waals surface area (Å²) < 4.78 is 13.8. The van der Waals surface area contributed by atoms with E-state index in [9.17, 15) is 0 Å². The van der Waals surface area contributed by atoms with Gasteiger partial charge in [-0.3, -0.25) is 4.68 Å². The van der Waals surface area contributed by atoms with Crippen LogP contribution in [0.5, 0.6) is 0 Å². The molecule has 2 rings (SSSR count). The van der Waals surface area contributed by atoms with Crippen LogP contribution >= 0.6 is 0 Å². The van der Waals surface area contributed by atoms with Crippen molar-refractivity contribution in [3.8, 4) is 0 Å². The monoisotopic (exact) mass is 250 g/mol. The zero-order valence-corrected chi connectivity index (χ0v) is 12.1. The van der Waals surface area contributed by atoms with Gasteiger partial charge in [0.2, 0.25) is 0 Å². The summed E-state index contributed by atoms with van der Waals surface area (Å²) in [5.74, 6) is 0. The van der Waals surface area contributed by atoms with Crippen LogP contribution in [0.1, 0.15) is 39.1 Å². The number of hydrogen-bond donors (Lipinski definition) is 0. The van der Waals surface area contributed by atoms with Crippen molar-refractivity contribution in [2.45, 2.75) is 40.5 Å². The molecule has 0 unspecified atom stereocenters. The normalized spacial score (nSPS) is 19.3. The molecule has 100 valence electrons. The molecule has 1 aliphatic rings. The molecule has 1 aromatic rings. The van der Waals surface area contributed by atoms with Crippen LogP contribution < -0.4 is 5.46 Å². The van der Waals surface area contributed by atoms with Crippen molar-refractivity contribution in [1.29, 1.82) is 0 Å². The summed E-state index contributed by atoms with van der Waals surface area (Å²) in [6.45, 7) is 10.1. The van der Waals surface area contributed by atoms with E-state index in [1.54, 1.807) is 0 Å². The first kappa shape index (κ1) is 13.6. The van der Waals surface area contributed by atoms with Gasteiger partial charge < -0.3 is 9.31 Å². The summed E-state index contributed by atoms with van der Waals surface area (Å²) in [6, 6.07) is 0. The molecule has 0 amide bonds. The van der Waals surface area contributed by atoms with Gasteiger partial charge in [-0.2, -0.15) is 5.10 Å². The molecule has 1 aliphatic heterocycles. The summed E-state index contributed by atoms with van der Waals surface area (Å²) in [4.78, 5) is 0. The molecule has 18 heavy (non-hydrogen) atoms. The van der Waals surface area contributed by atoms with Gasteiger partial charge in [0, 0.05) is 36.8 Å². The Balaban J connectivity index is 2.28. The molecule has 0 N–H and O–H groups in total. The van der Waals surface area contributed by atoms with Crippen LogP contribution in [0, 0.1) is 5.41 Å². The average Bonchev–Trinajstić information content (AvgIpc) is 2.65. The van der Waals surface area contributed by atoms with Crippen molar-refractivity contribution in [3.63, 3.8) is 0 Å². The fourth-order valence-corrected chi connectivity index (χ4v) is 2.45.